The molecule has 0 aliphatic carbocycles. The quantitative estimate of drug-likeness (QED) is 0.160. The summed E-state index contributed by atoms with van der Waals surface area (Å²) in [5.41, 5.74) is 0.531. The second-order valence-corrected chi connectivity index (χ2v) is 7.16. The summed E-state index contributed by atoms with van der Waals surface area (Å²) in [5, 5.41) is 6.41. The Hall–Kier alpha value is -1.40. The lowest BCUT2D eigenvalue weighted by Crippen LogP contribution is -2.38. The number of hydrogen-bond donors (Lipinski definition) is 2. The molecule has 0 amide bonds. The highest BCUT2D eigenvalue weighted by atomic mass is 127. The number of para-hydroxylation sites is 1. The standard InChI is InChI=1S/C22H35F2N3O4.HI/c1-3-25-22(26-11-6-12-29-16-17-9-13-28-14-10-17)27-15-18-7-5-8-19(30-4-2)20(18)31-21(23)24;/h5,7-8,17,21H,3-4,6,9-16H2,1-2H3,(H2,25,26,27);1H. The molecule has 0 radical (unpaired) electrons. The molecule has 1 aliphatic heterocycles. The van der Waals surface area contributed by atoms with Crippen molar-refractivity contribution in [2.75, 3.05) is 46.1 Å². The molecule has 2 N–H and O–H groups in total. The van der Waals surface area contributed by atoms with Crippen LogP contribution in [0.2, 0.25) is 0 Å². The fourth-order valence-corrected chi connectivity index (χ4v) is 3.23. The second kappa shape index (κ2) is 17.1. The maximum Gasteiger partial charge on any atom is 0.387 e. The lowest BCUT2D eigenvalue weighted by atomic mass is 10.0. The lowest BCUT2D eigenvalue weighted by molar-refractivity contribution is -0.0520. The van der Waals surface area contributed by atoms with Crippen LogP contribution in [-0.4, -0.2) is 58.7 Å². The minimum absolute atomic E-state index is 0. The largest absolute Gasteiger partial charge is 0.490 e. The molecule has 0 atom stereocenters. The van der Waals surface area contributed by atoms with Gasteiger partial charge in [0.2, 0.25) is 0 Å². The van der Waals surface area contributed by atoms with E-state index in [0.29, 0.717) is 43.7 Å². The van der Waals surface area contributed by atoms with Crippen molar-refractivity contribution < 1.29 is 27.7 Å². The van der Waals surface area contributed by atoms with Gasteiger partial charge in [0.15, 0.2) is 17.5 Å². The maximum absolute atomic E-state index is 12.9. The first-order valence-corrected chi connectivity index (χ1v) is 11.0. The Morgan fingerprint density at radius 3 is 2.69 bits per heavy atom. The maximum atomic E-state index is 12.9. The van der Waals surface area contributed by atoms with Gasteiger partial charge in [-0.2, -0.15) is 8.78 Å². The number of benzene rings is 1. The van der Waals surface area contributed by atoms with Crippen LogP contribution in [0.4, 0.5) is 8.78 Å². The minimum Gasteiger partial charge on any atom is -0.490 e. The number of nitrogens with zero attached hydrogens (tertiary/aromatic N) is 1. The van der Waals surface area contributed by atoms with Gasteiger partial charge in [-0.05, 0) is 45.1 Å². The van der Waals surface area contributed by atoms with Crippen LogP contribution in [0.1, 0.15) is 38.7 Å². The fraction of sp³-hybridized carbons (Fsp3) is 0.682. The highest BCUT2D eigenvalue weighted by molar-refractivity contribution is 14.0. The third kappa shape index (κ3) is 11.0. The number of hydrogen-bond acceptors (Lipinski definition) is 5. The number of halogens is 3. The average Bonchev–Trinajstić information content (AvgIpc) is 2.76. The molecule has 0 unspecified atom stereocenters. The summed E-state index contributed by atoms with van der Waals surface area (Å²) in [6.07, 6.45) is 2.97. The van der Waals surface area contributed by atoms with Gasteiger partial charge in [0.05, 0.1) is 13.2 Å². The Morgan fingerprint density at radius 2 is 2.00 bits per heavy atom. The van der Waals surface area contributed by atoms with E-state index in [2.05, 4.69) is 15.6 Å². The van der Waals surface area contributed by atoms with Gasteiger partial charge < -0.3 is 29.6 Å². The molecule has 184 valence electrons. The van der Waals surface area contributed by atoms with Crippen LogP contribution >= 0.6 is 24.0 Å². The van der Waals surface area contributed by atoms with Crippen LogP contribution in [0.15, 0.2) is 23.2 Å². The van der Waals surface area contributed by atoms with E-state index in [0.717, 1.165) is 39.1 Å². The highest BCUT2D eigenvalue weighted by Crippen LogP contribution is 2.33. The van der Waals surface area contributed by atoms with Gasteiger partial charge in [-0.3, -0.25) is 0 Å². The highest BCUT2D eigenvalue weighted by Gasteiger charge is 2.16. The molecule has 2 rings (SSSR count). The van der Waals surface area contributed by atoms with Crippen LogP contribution in [0, 0.1) is 5.92 Å². The van der Waals surface area contributed by atoms with E-state index in [9.17, 15) is 8.78 Å². The summed E-state index contributed by atoms with van der Waals surface area (Å²) in [6.45, 7) is 5.85. The Morgan fingerprint density at radius 1 is 1.22 bits per heavy atom. The molecule has 1 aromatic carbocycles. The number of aliphatic imine (C=N–C) groups is 1. The molecule has 1 aliphatic rings. The van der Waals surface area contributed by atoms with Gasteiger partial charge in [0.25, 0.3) is 0 Å². The molecule has 0 bridgehead atoms. The van der Waals surface area contributed by atoms with E-state index in [1.165, 1.54) is 0 Å². The SMILES string of the molecule is CCNC(=NCc1cccc(OCC)c1OC(F)F)NCCCOCC1CCOCC1.I. The number of nitrogens with one attached hydrogen (secondary N) is 2. The van der Waals surface area contributed by atoms with Gasteiger partial charge in [-0.25, -0.2) is 4.99 Å². The van der Waals surface area contributed by atoms with Crippen molar-refractivity contribution in [2.24, 2.45) is 10.9 Å². The molecule has 1 fully saturated rings. The van der Waals surface area contributed by atoms with Gasteiger partial charge >= 0.3 is 6.61 Å². The van der Waals surface area contributed by atoms with E-state index >= 15 is 0 Å². The monoisotopic (exact) mass is 571 g/mol. The third-order valence-electron chi connectivity index (χ3n) is 4.77. The van der Waals surface area contributed by atoms with Gasteiger partial charge in [0.1, 0.15) is 0 Å². The Bertz CT molecular complexity index is 662. The summed E-state index contributed by atoms with van der Waals surface area (Å²) in [5.74, 6) is 1.52. The first kappa shape index (κ1) is 28.6. The zero-order valence-corrected chi connectivity index (χ0v) is 21.2. The minimum atomic E-state index is -2.93. The Balaban J connectivity index is 0.00000512. The number of guanidine groups is 1. The van der Waals surface area contributed by atoms with E-state index < -0.39 is 6.61 Å². The topological polar surface area (TPSA) is 73.3 Å². The molecule has 1 heterocycles. The molecule has 0 spiro atoms. The lowest BCUT2D eigenvalue weighted by Gasteiger charge is -2.21. The smallest absolute Gasteiger partial charge is 0.387 e. The normalized spacial score (nSPS) is 14.7. The van der Waals surface area contributed by atoms with Crippen LogP contribution in [-0.2, 0) is 16.0 Å². The second-order valence-electron chi connectivity index (χ2n) is 7.16. The van der Waals surface area contributed by atoms with Crippen LogP contribution in [0.25, 0.3) is 0 Å². The first-order valence-electron chi connectivity index (χ1n) is 11.0. The molecule has 7 nitrogen and oxygen atoms in total. The van der Waals surface area contributed by atoms with Gasteiger partial charge in [-0.1, -0.05) is 12.1 Å². The molecule has 0 saturated carbocycles. The van der Waals surface area contributed by atoms with Crippen molar-refractivity contribution in [1.82, 2.24) is 10.6 Å². The van der Waals surface area contributed by atoms with Gasteiger partial charge in [-0.15, -0.1) is 24.0 Å². The Labute approximate surface area is 206 Å². The molecule has 0 aromatic heterocycles. The number of ether oxygens (including phenoxy) is 4. The van der Waals surface area contributed by atoms with Crippen molar-refractivity contribution in [3.05, 3.63) is 23.8 Å². The van der Waals surface area contributed by atoms with E-state index in [1.807, 2.05) is 6.92 Å². The van der Waals surface area contributed by atoms with Crippen LogP contribution in [0.5, 0.6) is 11.5 Å². The van der Waals surface area contributed by atoms with Crippen molar-refractivity contribution in [2.45, 2.75) is 46.3 Å². The zero-order chi connectivity index (χ0) is 22.3. The summed E-state index contributed by atoms with van der Waals surface area (Å²) in [7, 11) is 0. The molecular weight excluding hydrogens is 535 g/mol. The van der Waals surface area contributed by atoms with Crippen molar-refractivity contribution >= 4 is 29.9 Å². The predicted molar refractivity (Wildman–Crippen MR) is 131 cm³/mol. The summed E-state index contributed by atoms with van der Waals surface area (Å²) in [6, 6.07) is 5.06. The summed E-state index contributed by atoms with van der Waals surface area (Å²) < 4.78 is 47.0. The number of alkyl halides is 2. The molecule has 1 aromatic rings. The van der Waals surface area contributed by atoms with Crippen molar-refractivity contribution in [3.63, 3.8) is 0 Å². The van der Waals surface area contributed by atoms with Crippen LogP contribution < -0.4 is 20.1 Å². The molecule has 1 saturated heterocycles. The van der Waals surface area contributed by atoms with E-state index in [-0.39, 0.29) is 42.0 Å². The van der Waals surface area contributed by atoms with E-state index in [4.69, 9.17) is 18.9 Å². The van der Waals surface area contributed by atoms with E-state index in [1.54, 1.807) is 25.1 Å². The fourth-order valence-electron chi connectivity index (χ4n) is 3.23. The van der Waals surface area contributed by atoms with Crippen LogP contribution in [0.3, 0.4) is 0 Å². The van der Waals surface area contributed by atoms with Gasteiger partial charge in [0, 0.05) is 45.1 Å². The Kier molecular flexibility index (Phi) is 15.3. The third-order valence-corrected chi connectivity index (χ3v) is 4.77. The average molecular weight is 571 g/mol. The first-order chi connectivity index (χ1) is 15.1. The zero-order valence-electron chi connectivity index (χ0n) is 18.9. The van der Waals surface area contributed by atoms with Crippen molar-refractivity contribution in [1.29, 1.82) is 0 Å². The predicted octanol–water partition coefficient (Wildman–Crippen LogP) is 4.19. The number of rotatable bonds is 13. The molecule has 10 heteroatoms. The van der Waals surface area contributed by atoms with Crippen molar-refractivity contribution in [3.8, 4) is 11.5 Å². The molecular formula is C22H36F2IN3O4. The summed E-state index contributed by atoms with van der Waals surface area (Å²) >= 11 is 0. The molecule has 32 heavy (non-hydrogen) atoms. The summed E-state index contributed by atoms with van der Waals surface area (Å²) in [4.78, 5) is 4.50.